The van der Waals surface area contributed by atoms with Crippen LogP contribution in [0, 0.1) is 12.8 Å². The molecule has 0 saturated heterocycles. The smallest absolute Gasteiger partial charge is 0.0897 e. The fraction of sp³-hybridized carbons (Fsp3) is 0.750. The lowest BCUT2D eigenvalue weighted by molar-refractivity contribution is 0.263. The van der Waals surface area contributed by atoms with E-state index in [1.54, 1.807) is 0 Å². The van der Waals surface area contributed by atoms with Crippen LogP contribution in [0.1, 0.15) is 48.5 Å². The van der Waals surface area contributed by atoms with Gasteiger partial charge < -0.3 is 5.32 Å². The van der Waals surface area contributed by atoms with Crippen LogP contribution in [0.5, 0.6) is 0 Å². The summed E-state index contributed by atoms with van der Waals surface area (Å²) in [7, 11) is 0. The summed E-state index contributed by atoms with van der Waals surface area (Å²) in [5.74, 6) is 0.955. The summed E-state index contributed by atoms with van der Waals surface area (Å²) in [5.41, 5.74) is 0. The van der Waals surface area contributed by atoms with Crippen molar-refractivity contribution in [1.82, 2.24) is 10.3 Å². The van der Waals surface area contributed by atoms with E-state index < -0.39 is 0 Å². The number of aromatic nitrogens is 1. The van der Waals surface area contributed by atoms with Gasteiger partial charge in [0.25, 0.3) is 0 Å². The molecule has 1 heterocycles. The van der Waals surface area contributed by atoms with Crippen LogP contribution in [0.4, 0.5) is 0 Å². The lowest BCUT2D eigenvalue weighted by Gasteiger charge is -2.29. The van der Waals surface area contributed by atoms with Gasteiger partial charge in [-0.15, -0.1) is 11.3 Å². The SMILES string of the molecule is CCNC(CC1CCC1)c1cnc(C)s1. The van der Waals surface area contributed by atoms with E-state index >= 15 is 0 Å². The lowest BCUT2D eigenvalue weighted by Crippen LogP contribution is -2.25. The van der Waals surface area contributed by atoms with Crippen molar-refractivity contribution in [3.8, 4) is 0 Å². The van der Waals surface area contributed by atoms with Crippen molar-refractivity contribution in [2.24, 2.45) is 5.92 Å². The second-order valence-electron chi connectivity index (χ2n) is 4.42. The van der Waals surface area contributed by atoms with Gasteiger partial charge in [0.2, 0.25) is 0 Å². The molecule has 84 valence electrons. The second kappa shape index (κ2) is 5.08. The molecule has 1 aromatic heterocycles. The highest BCUT2D eigenvalue weighted by Crippen LogP contribution is 2.35. The highest BCUT2D eigenvalue weighted by Gasteiger charge is 2.23. The van der Waals surface area contributed by atoms with Crippen LogP contribution < -0.4 is 5.32 Å². The molecule has 0 aromatic carbocycles. The molecule has 3 heteroatoms. The van der Waals surface area contributed by atoms with Crippen molar-refractivity contribution in [2.45, 2.75) is 45.6 Å². The second-order valence-corrected chi connectivity index (χ2v) is 5.69. The van der Waals surface area contributed by atoms with E-state index in [2.05, 4.69) is 24.1 Å². The third-order valence-corrected chi connectivity index (χ3v) is 4.25. The minimum absolute atomic E-state index is 0.548. The topological polar surface area (TPSA) is 24.9 Å². The number of nitrogens with zero attached hydrogens (tertiary/aromatic N) is 1. The van der Waals surface area contributed by atoms with E-state index in [4.69, 9.17) is 0 Å². The minimum atomic E-state index is 0.548. The summed E-state index contributed by atoms with van der Waals surface area (Å²) in [6.07, 6.45) is 7.64. The summed E-state index contributed by atoms with van der Waals surface area (Å²) >= 11 is 1.84. The van der Waals surface area contributed by atoms with Crippen molar-refractivity contribution < 1.29 is 0 Å². The highest BCUT2D eigenvalue weighted by atomic mass is 32.1. The number of rotatable bonds is 5. The fourth-order valence-electron chi connectivity index (χ4n) is 2.15. The van der Waals surface area contributed by atoms with E-state index in [0.29, 0.717) is 6.04 Å². The first-order valence-electron chi connectivity index (χ1n) is 5.95. The molecular weight excluding hydrogens is 204 g/mol. The zero-order valence-electron chi connectivity index (χ0n) is 9.62. The molecule has 1 fully saturated rings. The van der Waals surface area contributed by atoms with Crippen molar-refractivity contribution in [3.05, 3.63) is 16.1 Å². The van der Waals surface area contributed by atoms with Crippen molar-refractivity contribution in [2.75, 3.05) is 6.54 Å². The van der Waals surface area contributed by atoms with Crippen LogP contribution in [0.15, 0.2) is 6.20 Å². The van der Waals surface area contributed by atoms with Crippen LogP contribution in [-0.4, -0.2) is 11.5 Å². The Labute approximate surface area is 96.1 Å². The first kappa shape index (κ1) is 11.1. The summed E-state index contributed by atoms with van der Waals surface area (Å²) < 4.78 is 0. The van der Waals surface area contributed by atoms with Crippen LogP contribution in [-0.2, 0) is 0 Å². The van der Waals surface area contributed by atoms with Crippen LogP contribution in [0.25, 0.3) is 0 Å². The Balaban J connectivity index is 1.97. The van der Waals surface area contributed by atoms with Crippen molar-refractivity contribution in [1.29, 1.82) is 0 Å². The zero-order valence-corrected chi connectivity index (χ0v) is 10.4. The van der Waals surface area contributed by atoms with Gasteiger partial charge in [-0.2, -0.15) is 0 Å². The molecule has 0 spiro atoms. The average molecular weight is 224 g/mol. The number of aryl methyl sites for hydroxylation is 1. The van der Waals surface area contributed by atoms with Gasteiger partial charge in [-0.1, -0.05) is 26.2 Å². The molecule has 1 saturated carbocycles. The quantitative estimate of drug-likeness (QED) is 0.830. The molecule has 1 N–H and O–H groups in total. The average Bonchev–Trinajstić information content (AvgIpc) is 2.56. The highest BCUT2D eigenvalue weighted by molar-refractivity contribution is 7.11. The standard InChI is InChI=1S/C12H20N2S/c1-3-13-11(7-10-5-4-6-10)12-8-14-9(2)15-12/h8,10-11,13H,3-7H2,1-2H3. The monoisotopic (exact) mass is 224 g/mol. The van der Waals surface area contributed by atoms with Gasteiger partial charge in [0.1, 0.15) is 0 Å². The Morgan fingerprint density at radius 2 is 2.40 bits per heavy atom. The number of hydrogen-bond acceptors (Lipinski definition) is 3. The Kier molecular flexibility index (Phi) is 3.76. The van der Waals surface area contributed by atoms with E-state index in [-0.39, 0.29) is 0 Å². The maximum atomic E-state index is 4.35. The Hall–Kier alpha value is -0.410. The first-order chi connectivity index (χ1) is 7.29. The molecule has 0 amide bonds. The molecule has 2 nitrogen and oxygen atoms in total. The predicted molar refractivity (Wildman–Crippen MR) is 65.2 cm³/mol. The number of hydrogen-bond donors (Lipinski definition) is 1. The lowest BCUT2D eigenvalue weighted by atomic mass is 9.80. The summed E-state index contributed by atoms with van der Waals surface area (Å²) in [6, 6.07) is 0.548. The van der Waals surface area contributed by atoms with Crippen LogP contribution >= 0.6 is 11.3 Å². The molecule has 0 aliphatic heterocycles. The molecule has 2 rings (SSSR count). The first-order valence-corrected chi connectivity index (χ1v) is 6.77. The Bertz CT molecular complexity index is 304. The maximum Gasteiger partial charge on any atom is 0.0897 e. The normalized spacial score (nSPS) is 18.8. The van der Waals surface area contributed by atoms with Gasteiger partial charge in [0.15, 0.2) is 0 Å². The van der Waals surface area contributed by atoms with Gasteiger partial charge in [-0.3, -0.25) is 0 Å². The van der Waals surface area contributed by atoms with Gasteiger partial charge >= 0.3 is 0 Å². The van der Waals surface area contributed by atoms with E-state index in [1.165, 1.54) is 35.6 Å². The molecule has 1 atom stereocenters. The van der Waals surface area contributed by atoms with Gasteiger partial charge in [-0.05, 0) is 25.8 Å². The Morgan fingerprint density at radius 3 is 2.87 bits per heavy atom. The van der Waals surface area contributed by atoms with Crippen molar-refractivity contribution >= 4 is 11.3 Å². The van der Waals surface area contributed by atoms with Crippen LogP contribution in [0.3, 0.4) is 0 Å². The van der Waals surface area contributed by atoms with Gasteiger partial charge in [-0.25, -0.2) is 4.98 Å². The molecule has 15 heavy (non-hydrogen) atoms. The summed E-state index contributed by atoms with van der Waals surface area (Å²) in [5, 5.41) is 4.76. The van der Waals surface area contributed by atoms with Crippen molar-refractivity contribution in [3.63, 3.8) is 0 Å². The zero-order chi connectivity index (χ0) is 10.7. The molecule has 1 aliphatic rings. The number of thiazole rings is 1. The minimum Gasteiger partial charge on any atom is -0.309 e. The van der Waals surface area contributed by atoms with Crippen LogP contribution in [0.2, 0.25) is 0 Å². The Morgan fingerprint density at radius 1 is 1.60 bits per heavy atom. The molecule has 0 radical (unpaired) electrons. The predicted octanol–water partition coefficient (Wildman–Crippen LogP) is 3.29. The third kappa shape index (κ3) is 2.79. The van der Waals surface area contributed by atoms with E-state index in [9.17, 15) is 0 Å². The largest absolute Gasteiger partial charge is 0.309 e. The van der Waals surface area contributed by atoms with Gasteiger partial charge in [0, 0.05) is 17.1 Å². The molecular formula is C12H20N2S. The molecule has 1 aliphatic carbocycles. The third-order valence-electron chi connectivity index (χ3n) is 3.23. The fourth-order valence-corrected chi connectivity index (χ4v) is 3.02. The maximum absolute atomic E-state index is 4.35. The molecule has 0 bridgehead atoms. The van der Waals surface area contributed by atoms with Gasteiger partial charge in [0.05, 0.1) is 5.01 Å². The molecule has 1 unspecified atom stereocenters. The number of nitrogens with one attached hydrogen (secondary N) is 1. The summed E-state index contributed by atoms with van der Waals surface area (Å²) in [6.45, 7) is 5.32. The van der Waals surface area contributed by atoms with E-state index in [1.807, 2.05) is 17.5 Å². The van der Waals surface area contributed by atoms with E-state index in [0.717, 1.165) is 12.5 Å². The molecule has 1 aromatic rings. The summed E-state index contributed by atoms with van der Waals surface area (Å²) in [4.78, 5) is 5.77.